The molecule has 0 fully saturated rings. The number of aromatic amines is 1. The lowest BCUT2D eigenvalue weighted by atomic mass is 10.2. The number of carbonyl (C=O) groups is 2. The van der Waals surface area contributed by atoms with E-state index in [1.807, 2.05) is 0 Å². The van der Waals surface area contributed by atoms with Crippen LogP contribution in [0.1, 0.15) is 20.8 Å². The van der Waals surface area contributed by atoms with Gasteiger partial charge >= 0.3 is 5.97 Å². The summed E-state index contributed by atoms with van der Waals surface area (Å²) >= 11 is 0. The first-order valence-corrected chi connectivity index (χ1v) is 2.69. The topological polar surface area (TPSA) is 109 Å². The van der Waals surface area contributed by atoms with Crippen molar-refractivity contribution >= 4 is 11.9 Å². The highest BCUT2D eigenvalue weighted by Gasteiger charge is 2.15. The molecule has 1 aromatic rings. The van der Waals surface area contributed by atoms with Crippen molar-refractivity contribution in [2.24, 2.45) is 5.73 Å². The van der Waals surface area contributed by atoms with Gasteiger partial charge < -0.3 is 10.8 Å². The molecule has 0 aromatic carbocycles. The zero-order valence-corrected chi connectivity index (χ0v) is 5.37. The van der Waals surface area contributed by atoms with E-state index in [1.165, 1.54) is 0 Å². The van der Waals surface area contributed by atoms with Gasteiger partial charge in [-0.1, -0.05) is 0 Å². The number of nitrogens with two attached hydrogens (primary N) is 1. The number of hydrogen-bond donors (Lipinski definition) is 3. The van der Waals surface area contributed by atoms with E-state index in [0.717, 1.165) is 6.20 Å². The van der Waals surface area contributed by atoms with Gasteiger partial charge in [0.05, 0.1) is 6.20 Å². The van der Waals surface area contributed by atoms with Crippen LogP contribution in [0.2, 0.25) is 0 Å². The van der Waals surface area contributed by atoms with Gasteiger partial charge in [-0.05, 0) is 0 Å². The van der Waals surface area contributed by atoms with Crippen molar-refractivity contribution in [1.29, 1.82) is 0 Å². The van der Waals surface area contributed by atoms with Crippen molar-refractivity contribution in [3.8, 4) is 0 Å². The highest BCUT2D eigenvalue weighted by molar-refractivity contribution is 6.02. The Labute approximate surface area is 61.0 Å². The minimum absolute atomic E-state index is 0.183. The maximum absolute atomic E-state index is 10.5. The molecule has 0 atom stereocenters. The molecule has 0 spiro atoms. The summed E-state index contributed by atoms with van der Waals surface area (Å²) in [4.78, 5) is 20.8. The fourth-order valence-electron chi connectivity index (χ4n) is 0.636. The zero-order valence-electron chi connectivity index (χ0n) is 5.37. The van der Waals surface area contributed by atoms with E-state index < -0.39 is 11.9 Å². The maximum Gasteiger partial charge on any atom is 0.339 e. The van der Waals surface area contributed by atoms with E-state index in [4.69, 9.17) is 10.8 Å². The van der Waals surface area contributed by atoms with Crippen LogP contribution in [0.15, 0.2) is 6.20 Å². The van der Waals surface area contributed by atoms with Crippen LogP contribution in [0.3, 0.4) is 0 Å². The first-order chi connectivity index (χ1) is 5.13. The Hall–Kier alpha value is -1.85. The molecule has 0 saturated carbocycles. The largest absolute Gasteiger partial charge is 0.478 e. The van der Waals surface area contributed by atoms with Gasteiger partial charge in [-0.2, -0.15) is 5.10 Å². The van der Waals surface area contributed by atoms with Gasteiger partial charge in [0.1, 0.15) is 11.3 Å². The number of aromatic nitrogens is 2. The monoisotopic (exact) mass is 155 g/mol. The van der Waals surface area contributed by atoms with Crippen LogP contribution in [-0.4, -0.2) is 27.2 Å². The van der Waals surface area contributed by atoms with Crippen LogP contribution in [0.5, 0.6) is 0 Å². The second-order valence-electron chi connectivity index (χ2n) is 1.83. The molecule has 0 unspecified atom stereocenters. The standard InChI is InChI=1S/C5H5N3O3/c6-4(9)3-2(5(10)11)1-7-8-3/h1H,(H2,6,9)(H,7,8)(H,10,11). The number of nitrogens with one attached hydrogen (secondary N) is 1. The summed E-state index contributed by atoms with van der Waals surface area (Å²) in [7, 11) is 0. The van der Waals surface area contributed by atoms with Crippen LogP contribution >= 0.6 is 0 Å². The third-order valence-electron chi connectivity index (χ3n) is 1.12. The summed E-state index contributed by atoms with van der Waals surface area (Å²) in [6.45, 7) is 0. The van der Waals surface area contributed by atoms with Gasteiger partial charge in [0, 0.05) is 0 Å². The van der Waals surface area contributed by atoms with Gasteiger partial charge in [0.15, 0.2) is 0 Å². The molecule has 4 N–H and O–H groups in total. The molecular weight excluding hydrogens is 150 g/mol. The Kier molecular flexibility index (Phi) is 1.59. The lowest BCUT2D eigenvalue weighted by molar-refractivity contribution is 0.0692. The number of nitrogens with zero attached hydrogens (tertiary/aromatic N) is 1. The van der Waals surface area contributed by atoms with Gasteiger partial charge in [0.25, 0.3) is 5.91 Å². The van der Waals surface area contributed by atoms with Crippen molar-refractivity contribution in [2.45, 2.75) is 0 Å². The van der Waals surface area contributed by atoms with Crippen LogP contribution in [0.25, 0.3) is 0 Å². The Morgan fingerprint density at radius 3 is 2.64 bits per heavy atom. The lowest BCUT2D eigenvalue weighted by Gasteiger charge is -1.89. The van der Waals surface area contributed by atoms with E-state index in [1.54, 1.807) is 0 Å². The Morgan fingerprint density at radius 1 is 1.64 bits per heavy atom. The van der Waals surface area contributed by atoms with E-state index in [-0.39, 0.29) is 11.3 Å². The highest BCUT2D eigenvalue weighted by Crippen LogP contribution is 2.02. The Bertz CT molecular complexity index is 275. The van der Waals surface area contributed by atoms with Gasteiger partial charge in [-0.25, -0.2) is 4.79 Å². The molecule has 6 nitrogen and oxygen atoms in total. The van der Waals surface area contributed by atoms with Crippen molar-refractivity contribution in [2.75, 3.05) is 0 Å². The van der Waals surface area contributed by atoms with Crippen molar-refractivity contribution < 1.29 is 14.7 Å². The Morgan fingerprint density at radius 2 is 2.27 bits per heavy atom. The molecule has 0 bridgehead atoms. The fraction of sp³-hybridized carbons (Fsp3) is 0. The number of carbonyl (C=O) groups excluding carboxylic acids is 1. The first-order valence-electron chi connectivity index (χ1n) is 2.69. The minimum atomic E-state index is -1.23. The molecule has 1 aromatic heterocycles. The number of carboxylic acid groups (broad SMARTS) is 1. The van der Waals surface area contributed by atoms with Crippen LogP contribution in [0, 0.1) is 0 Å². The molecule has 0 radical (unpaired) electrons. The quantitative estimate of drug-likeness (QED) is 0.519. The average molecular weight is 155 g/mol. The van der Waals surface area contributed by atoms with E-state index in [0.29, 0.717) is 0 Å². The molecule has 1 rings (SSSR count). The molecule has 0 saturated heterocycles. The maximum atomic E-state index is 10.5. The van der Waals surface area contributed by atoms with Crippen LogP contribution in [0.4, 0.5) is 0 Å². The molecule has 0 aliphatic carbocycles. The third-order valence-corrected chi connectivity index (χ3v) is 1.12. The highest BCUT2D eigenvalue weighted by atomic mass is 16.4. The van der Waals surface area contributed by atoms with E-state index >= 15 is 0 Å². The summed E-state index contributed by atoms with van der Waals surface area (Å²) in [6, 6.07) is 0. The number of aromatic carboxylic acids is 1. The predicted molar refractivity (Wildman–Crippen MR) is 34.1 cm³/mol. The van der Waals surface area contributed by atoms with Gasteiger partial charge in [-0.3, -0.25) is 9.89 Å². The van der Waals surface area contributed by atoms with E-state index in [2.05, 4.69) is 10.2 Å². The van der Waals surface area contributed by atoms with Crippen molar-refractivity contribution in [3.05, 3.63) is 17.5 Å². The number of amides is 1. The predicted octanol–water partition coefficient (Wildman–Crippen LogP) is -0.793. The number of H-pyrrole nitrogens is 1. The van der Waals surface area contributed by atoms with Gasteiger partial charge in [0.2, 0.25) is 0 Å². The summed E-state index contributed by atoms with van der Waals surface area (Å²) < 4.78 is 0. The molecule has 1 heterocycles. The average Bonchev–Trinajstić information content (AvgIpc) is 2.32. The lowest BCUT2D eigenvalue weighted by Crippen LogP contribution is -2.15. The number of carboxylic acids is 1. The molecule has 58 valence electrons. The minimum Gasteiger partial charge on any atom is -0.478 e. The summed E-state index contributed by atoms with van der Waals surface area (Å²) in [6.07, 6.45) is 1.03. The van der Waals surface area contributed by atoms with Gasteiger partial charge in [-0.15, -0.1) is 0 Å². The molecule has 0 aliphatic heterocycles. The third kappa shape index (κ3) is 1.18. The molecule has 6 heteroatoms. The number of primary amides is 1. The second-order valence-corrected chi connectivity index (χ2v) is 1.83. The zero-order chi connectivity index (χ0) is 8.43. The van der Waals surface area contributed by atoms with E-state index in [9.17, 15) is 9.59 Å². The smallest absolute Gasteiger partial charge is 0.339 e. The summed E-state index contributed by atoms with van der Waals surface area (Å²) in [5.74, 6) is -2.06. The molecule has 11 heavy (non-hydrogen) atoms. The van der Waals surface area contributed by atoms with Crippen LogP contribution < -0.4 is 5.73 Å². The summed E-state index contributed by atoms with van der Waals surface area (Å²) in [5.41, 5.74) is 4.43. The SMILES string of the molecule is NC(=O)c1[nH]ncc1C(=O)O. The molecular formula is C5H5N3O3. The Balaban J connectivity index is 3.16. The summed E-state index contributed by atoms with van der Waals surface area (Å²) in [5, 5.41) is 14.0. The first kappa shape index (κ1) is 7.26. The number of rotatable bonds is 2. The fourth-order valence-corrected chi connectivity index (χ4v) is 0.636. The van der Waals surface area contributed by atoms with Crippen LogP contribution in [-0.2, 0) is 0 Å². The normalized spacial score (nSPS) is 9.45. The van der Waals surface area contributed by atoms with Crippen molar-refractivity contribution in [3.63, 3.8) is 0 Å². The number of hydrogen-bond acceptors (Lipinski definition) is 3. The molecule has 1 amide bonds. The second kappa shape index (κ2) is 2.41. The van der Waals surface area contributed by atoms with Crippen molar-refractivity contribution in [1.82, 2.24) is 10.2 Å². The molecule has 0 aliphatic rings.